The monoisotopic (exact) mass is 368 g/mol. The van der Waals surface area contributed by atoms with Crippen LogP contribution in [0, 0.1) is 26.9 Å². The highest BCUT2D eigenvalue weighted by molar-refractivity contribution is 9.10. The first-order chi connectivity index (χ1) is 10.4. The van der Waals surface area contributed by atoms with Crippen LogP contribution in [0.1, 0.15) is 13.3 Å². The maximum Gasteiger partial charge on any atom is 0.295 e. The summed E-state index contributed by atoms with van der Waals surface area (Å²) >= 11 is 3.20. The SMILES string of the molecule is CCCOc1cc(N/N=C(\C#N)C(=N)N)c([N+](=O)[O-])cc1Br. The van der Waals surface area contributed by atoms with Crippen molar-refractivity contribution in [1.29, 1.82) is 10.7 Å². The number of rotatable bonds is 7. The molecule has 1 rings (SSSR count). The van der Waals surface area contributed by atoms with Crippen LogP contribution < -0.4 is 15.9 Å². The van der Waals surface area contributed by atoms with Gasteiger partial charge in [-0.05, 0) is 22.4 Å². The predicted molar refractivity (Wildman–Crippen MR) is 85.2 cm³/mol. The summed E-state index contributed by atoms with van der Waals surface area (Å²) in [6, 6.07) is 4.26. The maximum atomic E-state index is 11.1. The van der Waals surface area contributed by atoms with E-state index in [-0.39, 0.29) is 17.1 Å². The van der Waals surface area contributed by atoms with E-state index >= 15 is 0 Å². The molecular formula is C12H13BrN6O3. The zero-order valence-corrected chi connectivity index (χ0v) is 13.2. The minimum absolute atomic E-state index is 0.0216. The van der Waals surface area contributed by atoms with Gasteiger partial charge in [0.25, 0.3) is 5.69 Å². The van der Waals surface area contributed by atoms with Crippen molar-refractivity contribution in [1.82, 2.24) is 0 Å². The first-order valence-corrected chi connectivity index (χ1v) is 6.88. The molecular weight excluding hydrogens is 356 g/mol. The second-order valence-electron chi connectivity index (χ2n) is 4.00. The number of nitrogens with one attached hydrogen (secondary N) is 2. The van der Waals surface area contributed by atoms with E-state index in [9.17, 15) is 10.1 Å². The van der Waals surface area contributed by atoms with Gasteiger partial charge in [0.15, 0.2) is 5.84 Å². The van der Waals surface area contributed by atoms with E-state index in [1.165, 1.54) is 12.1 Å². The van der Waals surface area contributed by atoms with Crippen LogP contribution in [-0.4, -0.2) is 23.1 Å². The lowest BCUT2D eigenvalue weighted by Gasteiger charge is -2.10. The predicted octanol–water partition coefficient (Wildman–Crippen LogP) is 2.37. The Morgan fingerprint density at radius 3 is 2.86 bits per heavy atom. The Morgan fingerprint density at radius 1 is 1.68 bits per heavy atom. The van der Waals surface area contributed by atoms with Gasteiger partial charge in [-0.3, -0.25) is 20.9 Å². The molecule has 0 unspecified atom stereocenters. The summed E-state index contributed by atoms with van der Waals surface area (Å²) in [5.41, 5.74) is 6.90. The number of hydrogen-bond acceptors (Lipinski definition) is 7. The van der Waals surface area contributed by atoms with Crippen LogP contribution in [0.25, 0.3) is 0 Å². The number of amidine groups is 1. The molecule has 0 amide bonds. The van der Waals surface area contributed by atoms with E-state index < -0.39 is 10.8 Å². The fraction of sp³-hybridized carbons (Fsp3) is 0.250. The lowest BCUT2D eigenvalue weighted by molar-refractivity contribution is -0.384. The fourth-order valence-electron chi connectivity index (χ4n) is 1.37. The molecule has 0 bridgehead atoms. The van der Waals surface area contributed by atoms with Gasteiger partial charge in [0.2, 0.25) is 5.71 Å². The molecule has 0 aliphatic carbocycles. The number of benzene rings is 1. The molecule has 0 radical (unpaired) electrons. The van der Waals surface area contributed by atoms with Crippen molar-refractivity contribution in [2.75, 3.05) is 12.0 Å². The molecule has 116 valence electrons. The molecule has 0 aliphatic rings. The molecule has 1 aromatic rings. The molecule has 0 aliphatic heterocycles. The zero-order chi connectivity index (χ0) is 16.7. The van der Waals surface area contributed by atoms with Crippen LogP contribution in [0.15, 0.2) is 21.7 Å². The van der Waals surface area contributed by atoms with E-state index in [0.717, 1.165) is 6.42 Å². The van der Waals surface area contributed by atoms with E-state index in [4.69, 9.17) is 21.1 Å². The third kappa shape index (κ3) is 4.42. The summed E-state index contributed by atoms with van der Waals surface area (Å²) < 4.78 is 5.88. The minimum Gasteiger partial charge on any atom is -0.492 e. The number of ether oxygens (including phenoxy) is 1. The number of nitrogens with zero attached hydrogens (tertiary/aromatic N) is 3. The molecule has 0 spiro atoms. The molecule has 22 heavy (non-hydrogen) atoms. The lowest BCUT2D eigenvalue weighted by Crippen LogP contribution is -2.22. The second-order valence-corrected chi connectivity index (χ2v) is 4.86. The van der Waals surface area contributed by atoms with Crippen LogP contribution >= 0.6 is 15.9 Å². The first-order valence-electron chi connectivity index (χ1n) is 6.09. The van der Waals surface area contributed by atoms with Gasteiger partial charge in [0, 0.05) is 12.1 Å². The van der Waals surface area contributed by atoms with Crippen molar-refractivity contribution in [3.8, 4) is 11.8 Å². The van der Waals surface area contributed by atoms with Gasteiger partial charge >= 0.3 is 0 Å². The lowest BCUT2D eigenvalue weighted by atomic mass is 10.2. The third-order valence-electron chi connectivity index (χ3n) is 2.36. The Morgan fingerprint density at radius 2 is 2.36 bits per heavy atom. The highest BCUT2D eigenvalue weighted by Gasteiger charge is 2.18. The second kappa shape index (κ2) is 7.94. The number of nitriles is 1. The van der Waals surface area contributed by atoms with Gasteiger partial charge in [0.05, 0.1) is 16.0 Å². The number of halogens is 1. The van der Waals surface area contributed by atoms with E-state index in [1.807, 2.05) is 6.92 Å². The fourth-order valence-corrected chi connectivity index (χ4v) is 1.81. The van der Waals surface area contributed by atoms with Gasteiger partial charge in [-0.2, -0.15) is 10.4 Å². The summed E-state index contributed by atoms with van der Waals surface area (Å²) in [7, 11) is 0. The number of hydrazone groups is 1. The minimum atomic E-state index is -0.605. The van der Waals surface area contributed by atoms with E-state index in [0.29, 0.717) is 16.8 Å². The molecule has 1 aromatic carbocycles. The molecule has 0 saturated carbocycles. The standard InChI is InChI=1S/C12H13BrN6O3/c1-2-3-22-11-5-8(10(19(20)21)4-7(11)13)17-18-9(6-14)12(15)16/h4-5,17H,2-3H2,1H3,(H3,15,16)/b18-9+. The van der Waals surface area contributed by atoms with Crippen LogP contribution in [-0.2, 0) is 0 Å². The zero-order valence-electron chi connectivity index (χ0n) is 11.6. The van der Waals surface area contributed by atoms with Gasteiger partial charge in [-0.1, -0.05) is 6.92 Å². The summed E-state index contributed by atoms with van der Waals surface area (Å²) in [5, 5.41) is 30.6. The number of hydrogen-bond donors (Lipinski definition) is 3. The van der Waals surface area contributed by atoms with Crippen molar-refractivity contribution in [3.63, 3.8) is 0 Å². The molecule has 0 saturated heterocycles. The average molecular weight is 369 g/mol. The summed E-state index contributed by atoms with van der Waals surface area (Å²) in [6.07, 6.45) is 0.771. The summed E-state index contributed by atoms with van der Waals surface area (Å²) in [6.45, 7) is 2.37. The quantitative estimate of drug-likeness (QED) is 0.291. The van der Waals surface area contributed by atoms with Crippen LogP contribution in [0.5, 0.6) is 5.75 Å². The topological polar surface area (TPSA) is 150 Å². The van der Waals surface area contributed by atoms with E-state index in [1.54, 1.807) is 6.07 Å². The van der Waals surface area contributed by atoms with Gasteiger partial charge < -0.3 is 10.5 Å². The Balaban J connectivity index is 3.22. The molecule has 10 heteroatoms. The van der Waals surface area contributed by atoms with Gasteiger partial charge in [-0.15, -0.1) is 0 Å². The molecule has 0 fully saturated rings. The summed E-state index contributed by atoms with van der Waals surface area (Å²) in [5.74, 6) is -0.149. The normalized spacial score (nSPS) is 10.7. The van der Waals surface area contributed by atoms with Gasteiger partial charge in [0.1, 0.15) is 17.5 Å². The Labute approximate surface area is 134 Å². The van der Waals surface area contributed by atoms with Gasteiger partial charge in [-0.25, -0.2) is 0 Å². The first kappa shape index (κ1) is 17.4. The molecule has 0 atom stereocenters. The average Bonchev–Trinajstić information content (AvgIpc) is 2.46. The third-order valence-corrected chi connectivity index (χ3v) is 2.98. The van der Waals surface area contributed by atoms with Crippen LogP contribution in [0.4, 0.5) is 11.4 Å². The van der Waals surface area contributed by atoms with Crippen molar-refractivity contribution in [2.45, 2.75) is 13.3 Å². The van der Waals surface area contributed by atoms with E-state index in [2.05, 4.69) is 26.5 Å². The number of nitro benzene ring substituents is 1. The molecule has 0 heterocycles. The summed E-state index contributed by atoms with van der Waals surface area (Å²) in [4.78, 5) is 10.5. The number of nitrogens with two attached hydrogens (primary N) is 1. The smallest absolute Gasteiger partial charge is 0.295 e. The Bertz CT molecular complexity index is 668. The van der Waals surface area contributed by atoms with Crippen LogP contribution in [0.2, 0.25) is 0 Å². The number of anilines is 1. The Hall–Kier alpha value is -2.67. The molecule has 4 N–H and O–H groups in total. The van der Waals surface area contributed by atoms with Crippen molar-refractivity contribution >= 4 is 38.9 Å². The van der Waals surface area contributed by atoms with Crippen molar-refractivity contribution in [3.05, 3.63) is 26.7 Å². The van der Waals surface area contributed by atoms with Crippen molar-refractivity contribution < 1.29 is 9.66 Å². The maximum absolute atomic E-state index is 11.1. The number of nitro groups is 1. The highest BCUT2D eigenvalue weighted by atomic mass is 79.9. The molecule has 0 aromatic heterocycles. The Kier molecular flexibility index (Phi) is 6.27. The molecule has 9 nitrogen and oxygen atoms in total. The van der Waals surface area contributed by atoms with Crippen molar-refractivity contribution in [2.24, 2.45) is 10.8 Å². The largest absolute Gasteiger partial charge is 0.492 e. The van der Waals surface area contributed by atoms with Crippen LogP contribution in [0.3, 0.4) is 0 Å². The highest BCUT2D eigenvalue weighted by Crippen LogP contribution is 2.36.